The monoisotopic (exact) mass is 423 g/mol. The van der Waals surface area contributed by atoms with Gasteiger partial charge in [0, 0.05) is 62.0 Å². The summed E-state index contributed by atoms with van der Waals surface area (Å²) in [6, 6.07) is 14.2. The van der Waals surface area contributed by atoms with Gasteiger partial charge in [-0.2, -0.15) is 5.10 Å². The van der Waals surface area contributed by atoms with Crippen molar-refractivity contribution in [2.45, 2.75) is 38.1 Å². The predicted molar refractivity (Wildman–Crippen MR) is 126 cm³/mol. The van der Waals surface area contributed by atoms with Crippen LogP contribution in [0.3, 0.4) is 0 Å². The van der Waals surface area contributed by atoms with Crippen LogP contribution in [0.15, 0.2) is 47.6 Å². The molecular formula is C25H33N3O3. The van der Waals surface area contributed by atoms with E-state index in [9.17, 15) is 4.79 Å². The van der Waals surface area contributed by atoms with E-state index >= 15 is 0 Å². The van der Waals surface area contributed by atoms with Gasteiger partial charge in [-0.1, -0.05) is 24.3 Å². The molecule has 1 aliphatic rings. The third-order valence-corrected chi connectivity index (χ3v) is 5.99. The molecule has 0 spiro atoms. The number of hydrogen-bond acceptors (Lipinski definition) is 6. The number of para-hydroxylation sites is 1. The fourth-order valence-electron chi connectivity index (χ4n) is 4.22. The summed E-state index contributed by atoms with van der Waals surface area (Å²) in [7, 11) is 7.36. The molecule has 0 aromatic heterocycles. The number of rotatable bonds is 9. The second kappa shape index (κ2) is 9.86. The molecule has 166 valence electrons. The number of carbonyl (C=O) groups excluding carboxylic acids is 1. The minimum absolute atomic E-state index is 0.105. The van der Waals surface area contributed by atoms with Crippen LogP contribution in [0.5, 0.6) is 11.5 Å². The number of hydrazone groups is 1. The lowest BCUT2D eigenvalue weighted by molar-refractivity contribution is -0.118. The zero-order valence-corrected chi connectivity index (χ0v) is 19.3. The van der Waals surface area contributed by atoms with Gasteiger partial charge in [-0.05, 0) is 38.0 Å². The summed E-state index contributed by atoms with van der Waals surface area (Å²) < 4.78 is 10.9. The second-order valence-electron chi connectivity index (χ2n) is 8.30. The fourth-order valence-corrected chi connectivity index (χ4v) is 4.22. The number of hydrogen-bond donors (Lipinski definition) is 0. The van der Waals surface area contributed by atoms with Gasteiger partial charge in [-0.3, -0.25) is 9.80 Å². The minimum atomic E-state index is -0.265. The van der Waals surface area contributed by atoms with Gasteiger partial charge in [0.15, 0.2) is 0 Å². The highest BCUT2D eigenvalue weighted by molar-refractivity contribution is 5.84. The van der Waals surface area contributed by atoms with E-state index in [1.54, 1.807) is 21.1 Å². The lowest BCUT2D eigenvalue weighted by Gasteiger charge is -2.28. The van der Waals surface area contributed by atoms with E-state index in [-0.39, 0.29) is 23.7 Å². The SMILES string of the molecule is COc1ccc(C(CC(C)N2CC(c3ccccc3N(C)C)C=N2)C(C)=O)c(OC)c1. The molecule has 3 rings (SSSR count). The van der Waals surface area contributed by atoms with Crippen molar-refractivity contribution in [3.63, 3.8) is 0 Å². The highest BCUT2D eigenvalue weighted by Gasteiger charge is 2.29. The highest BCUT2D eigenvalue weighted by Crippen LogP contribution is 2.36. The van der Waals surface area contributed by atoms with Crippen molar-refractivity contribution < 1.29 is 14.3 Å². The first-order valence-electron chi connectivity index (χ1n) is 10.6. The molecule has 0 fully saturated rings. The van der Waals surface area contributed by atoms with E-state index in [1.807, 2.05) is 24.4 Å². The Morgan fingerprint density at radius 2 is 1.94 bits per heavy atom. The Hall–Kier alpha value is -3.02. The molecule has 0 radical (unpaired) electrons. The lowest BCUT2D eigenvalue weighted by Crippen LogP contribution is -2.31. The van der Waals surface area contributed by atoms with Crippen LogP contribution in [0.4, 0.5) is 5.69 Å². The molecule has 1 aliphatic heterocycles. The summed E-state index contributed by atoms with van der Waals surface area (Å²) in [5.41, 5.74) is 3.37. The molecule has 0 N–H and O–H groups in total. The molecule has 2 aromatic rings. The van der Waals surface area contributed by atoms with E-state index in [4.69, 9.17) is 14.6 Å². The van der Waals surface area contributed by atoms with Crippen molar-refractivity contribution in [1.29, 1.82) is 0 Å². The van der Waals surface area contributed by atoms with Crippen molar-refractivity contribution in [2.75, 3.05) is 39.8 Å². The van der Waals surface area contributed by atoms with Gasteiger partial charge in [0.1, 0.15) is 17.3 Å². The maximum absolute atomic E-state index is 12.6. The Bertz CT molecular complexity index is 941. The van der Waals surface area contributed by atoms with Crippen LogP contribution < -0.4 is 14.4 Å². The first-order valence-corrected chi connectivity index (χ1v) is 10.6. The summed E-state index contributed by atoms with van der Waals surface area (Å²) in [6.07, 6.45) is 2.69. The normalized spacial score (nSPS) is 17.4. The Labute approximate surface area is 185 Å². The van der Waals surface area contributed by atoms with Crippen molar-refractivity contribution in [1.82, 2.24) is 5.01 Å². The Kier molecular flexibility index (Phi) is 7.21. The average Bonchev–Trinajstić information content (AvgIpc) is 3.27. The van der Waals surface area contributed by atoms with Crippen molar-refractivity contribution in [2.24, 2.45) is 5.10 Å². The van der Waals surface area contributed by atoms with Crippen LogP contribution in [-0.4, -0.2) is 57.9 Å². The van der Waals surface area contributed by atoms with Gasteiger partial charge < -0.3 is 14.4 Å². The standard InChI is InChI=1S/C25H33N3O3/c1-17(13-23(18(2)29)22-12-11-20(30-5)14-25(22)31-6)28-16-19(15-26-28)21-9-7-8-10-24(21)27(3)4/h7-12,14-15,17,19,23H,13,16H2,1-6H3. The molecule has 0 saturated heterocycles. The van der Waals surface area contributed by atoms with E-state index < -0.39 is 0 Å². The van der Waals surface area contributed by atoms with Crippen LogP contribution in [-0.2, 0) is 4.79 Å². The van der Waals surface area contributed by atoms with Crippen molar-refractivity contribution in [3.8, 4) is 11.5 Å². The van der Waals surface area contributed by atoms with Gasteiger partial charge in [0.2, 0.25) is 0 Å². The van der Waals surface area contributed by atoms with Crippen molar-refractivity contribution >= 4 is 17.7 Å². The molecule has 3 atom stereocenters. The van der Waals surface area contributed by atoms with E-state index in [1.165, 1.54) is 11.3 Å². The molecule has 6 nitrogen and oxygen atoms in total. The zero-order chi connectivity index (χ0) is 22.5. The Morgan fingerprint density at radius 3 is 2.58 bits per heavy atom. The van der Waals surface area contributed by atoms with Crippen LogP contribution in [0.25, 0.3) is 0 Å². The highest BCUT2D eigenvalue weighted by atomic mass is 16.5. The first kappa shape index (κ1) is 22.7. The zero-order valence-electron chi connectivity index (χ0n) is 19.3. The predicted octanol–water partition coefficient (Wildman–Crippen LogP) is 4.31. The molecule has 3 unspecified atom stereocenters. The molecule has 0 amide bonds. The number of Topliss-reactive ketones (excluding diaryl/α,β-unsaturated/α-hetero) is 1. The first-order chi connectivity index (χ1) is 14.8. The van der Waals surface area contributed by atoms with E-state index in [0.29, 0.717) is 17.9 Å². The van der Waals surface area contributed by atoms with Crippen LogP contribution in [0.2, 0.25) is 0 Å². The topological polar surface area (TPSA) is 54.4 Å². The van der Waals surface area contributed by atoms with E-state index in [0.717, 1.165) is 12.1 Å². The summed E-state index contributed by atoms with van der Waals surface area (Å²) >= 11 is 0. The second-order valence-corrected chi connectivity index (χ2v) is 8.30. The lowest BCUT2D eigenvalue weighted by atomic mass is 9.88. The third kappa shape index (κ3) is 5.01. The molecule has 31 heavy (non-hydrogen) atoms. The summed E-state index contributed by atoms with van der Waals surface area (Å²) in [5, 5.41) is 6.80. The molecule has 0 bridgehead atoms. The molecule has 6 heteroatoms. The number of benzene rings is 2. The number of ether oxygens (including phenoxy) is 2. The molecular weight excluding hydrogens is 390 g/mol. The number of nitrogens with zero attached hydrogens (tertiary/aromatic N) is 3. The molecule has 0 aliphatic carbocycles. The van der Waals surface area contributed by atoms with Gasteiger partial charge >= 0.3 is 0 Å². The summed E-state index contributed by atoms with van der Waals surface area (Å²) in [4.78, 5) is 14.7. The van der Waals surface area contributed by atoms with Crippen LogP contribution >= 0.6 is 0 Å². The Morgan fingerprint density at radius 1 is 1.19 bits per heavy atom. The Balaban J connectivity index is 1.76. The van der Waals surface area contributed by atoms with Crippen LogP contribution in [0, 0.1) is 0 Å². The number of methoxy groups -OCH3 is 2. The smallest absolute Gasteiger partial charge is 0.137 e. The van der Waals surface area contributed by atoms with E-state index in [2.05, 4.69) is 55.2 Å². The average molecular weight is 424 g/mol. The van der Waals surface area contributed by atoms with Gasteiger partial charge in [-0.15, -0.1) is 0 Å². The summed E-state index contributed by atoms with van der Waals surface area (Å²) in [5.74, 6) is 1.47. The minimum Gasteiger partial charge on any atom is -0.497 e. The number of carbonyl (C=O) groups is 1. The maximum Gasteiger partial charge on any atom is 0.137 e. The van der Waals surface area contributed by atoms with Crippen molar-refractivity contribution in [3.05, 3.63) is 53.6 Å². The van der Waals surface area contributed by atoms with Gasteiger partial charge in [0.25, 0.3) is 0 Å². The molecule has 2 aromatic carbocycles. The summed E-state index contributed by atoms with van der Waals surface area (Å²) in [6.45, 7) is 4.57. The van der Waals surface area contributed by atoms with Gasteiger partial charge in [-0.25, -0.2) is 0 Å². The van der Waals surface area contributed by atoms with Crippen LogP contribution in [0.1, 0.15) is 43.2 Å². The molecule has 1 heterocycles. The van der Waals surface area contributed by atoms with Gasteiger partial charge in [0.05, 0.1) is 14.2 Å². The maximum atomic E-state index is 12.6. The fraction of sp³-hybridized carbons (Fsp3) is 0.440. The quantitative estimate of drug-likeness (QED) is 0.602. The largest absolute Gasteiger partial charge is 0.497 e. The third-order valence-electron chi connectivity index (χ3n) is 5.99. The number of anilines is 1. The molecule has 0 saturated carbocycles. The number of ketones is 1.